The smallest absolute Gasteiger partial charge is 0.171 e. The van der Waals surface area contributed by atoms with E-state index in [0.717, 1.165) is 0 Å². The molecule has 0 unspecified atom stereocenters. The standard InChI is InChI=1S/C7H11ClF6Si/c1-15(8,4-2-6(9,10)11)5-3-7(12,13)14/h2-5H2,1H3. The van der Waals surface area contributed by atoms with Crippen LogP contribution in [0.15, 0.2) is 0 Å². The third-order valence-electron chi connectivity index (χ3n) is 1.86. The molecule has 0 aliphatic heterocycles. The Hall–Kier alpha value is 0.0869. The Morgan fingerprint density at radius 2 is 1.13 bits per heavy atom. The first-order valence-electron chi connectivity index (χ1n) is 4.24. The highest BCUT2D eigenvalue weighted by Gasteiger charge is 2.37. The number of halogens is 7. The third-order valence-corrected chi connectivity index (χ3v) is 5.58. The summed E-state index contributed by atoms with van der Waals surface area (Å²) in [5, 5.41) is 0. The fourth-order valence-electron chi connectivity index (χ4n) is 0.930. The molecule has 0 aromatic heterocycles. The van der Waals surface area contributed by atoms with Gasteiger partial charge in [-0.3, -0.25) is 0 Å². The lowest BCUT2D eigenvalue weighted by molar-refractivity contribution is -0.131. The molecule has 0 rings (SSSR count). The summed E-state index contributed by atoms with van der Waals surface area (Å²) in [7, 11) is -2.89. The van der Waals surface area contributed by atoms with Gasteiger partial charge in [-0.15, -0.1) is 0 Å². The maximum absolute atomic E-state index is 11.8. The molecule has 0 radical (unpaired) electrons. The summed E-state index contributed by atoms with van der Waals surface area (Å²) in [5.74, 6) is 0. The summed E-state index contributed by atoms with van der Waals surface area (Å²) < 4.78 is 70.8. The van der Waals surface area contributed by atoms with Crippen LogP contribution in [0.3, 0.4) is 0 Å². The summed E-state index contributed by atoms with van der Waals surface area (Å²) in [4.78, 5) is 0. The number of alkyl halides is 6. The summed E-state index contributed by atoms with van der Waals surface area (Å²) >= 11 is 5.69. The molecule has 0 atom stereocenters. The van der Waals surface area contributed by atoms with Gasteiger partial charge in [0.05, 0.1) is 0 Å². The van der Waals surface area contributed by atoms with E-state index in [9.17, 15) is 26.3 Å². The van der Waals surface area contributed by atoms with Gasteiger partial charge in [0.1, 0.15) is 0 Å². The van der Waals surface area contributed by atoms with Crippen molar-refractivity contribution in [3.63, 3.8) is 0 Å². The lowest BCUT2D eigenvalue weighted by Crippen LogP contribution is -2.27. The lowest BCUT2D eigenvalue weighted by atomic mass is 10.5. The van der Waals surface area contributed by atoms with Crippen LogP contribution in [-0.2, 0) is 0 Å². The monoisotopic (exact) mass is 272 g/mol. The molecule has 0 saturated heterocycles. The largest absolute Gasteiger partial charge is 0.388 e. The maximum atomic E-state index is 11.8. The van der Waals surface area contributed by atoms with E-state index in [1.807, 2.05) is 0 Å². The Bertz CT molecular complexity index is 177. The summed E-state index contributed by atoms with van der Waals surface area (Å²) in [5.41, 5.74) is 0. The summed E-state index contributed by atoms with van der Waals surface area (Å²) in [6.07, 6.45) is -10.9. The van der Waals surface area contributed by atoms with Crippen LogP contribution >= 0.6 is 11.1 Å². The molecule has 0 N–H and O–H groups in total. The van der Waals surface area contributed by atoms with Crippen molar-refractivity contribution in [3.8, 4) is 0 Å². The van der Waals surface area contributed by atoms with E-state index in [1.54, 1.807) is 0 Å². The molecule has 0 spiro atoms. The van der Waals surface area contributed by atoms with E-state index in [2.05, 4.69) is 0 Å². The zero-order chi connectivity index (χ0) is 12.3. The molecule has 8 heteroatoms. The van der Waals surface area contributed by atoms with Gasteiger partial charge >= 0.3 is 12.4 Å². The minimum absolute atomic E-state index is 0.367. The molecule has 92 valence electrons. The van der Waals surface area contributed by atoms with Gasteiger partial charge in [-0.05, 0) is 12.1 Å². The van der Waals surface area contributed by atoms with Gasteiger partial charge in [-0.2, -0.15) is 37.4 Å². The second-order valence-electron chi connectivity index (χ2n) is 3.64. The van der Waals surface area contributed by atoms with Gasteiger partial charge in [0, 0.05) is 12.8 Å². The predicted octanol–water partition coefficient (Wildman–Crippen LogP) is 4.71. The van der Waals surface area contributed by atoms with Crippen molar-refractivity contribution in [1.29, 1.82) is 0 Å². The van der Waals surface area contributed by atoms with Crippen LogP contribution in [0.1, 0.15) is 12.8 Å². The van der Waals surface area contributed by atoms with Crippen LogP contribution in [0.5, 0.6) is 0 Å². The molecule has 0 nitrogen and oxygen atoms in total. The van der Waals surface area contributed by atoms with Gasteiger partial charge in [-0.1, -0.05) is 6.55 Å². The minimum Gasteiger partial charge on any atom is -0.171 e. The van der Waals surface area contributed by atoms with Gasteiger partial charge in [0.2, 0.25) is 0 Å². The number of hydrogen-bond donors (Lipinski definition) is 0. The summed E-state index contributed by atoms with van der Waals surface area (Å²) in [6.45, 7) is 1.33. The second-order valence-corrected chi connectivity index (χ2v) is 10.2. The molecular formula is C7H11ClF6Si. The van der Waals surface area contributed by atoms with Gasteiger partial charge in [-0.25, -0.2) is 0 Å². The molecule has 0 saturated carbocycles. The molecule has 0 aromatic carbocycles. The highest BCUT2D eigenvalue weighted by molar-refractivity contribution is 7.19. The van der Waals surface area contributed by atoms with Crippen LogP contribution in [0, 0.1) is 0 Å². The first kappa shape index (κ1) is 15.1. The average Bonchev–Trinajstić information content (AvgIpc) is 1.96. The molecule has 0 fully saturated rings. The second kappa shape index (κ2) is 4.95. The topological polar surface area (TPSA) is 0 Å². The van der Waals surface area contributed by atoms with E-state index in [4.69, 9.17) is 11.1 Å². The van der Waals surface area contributed by atoms with Gasteiger partial charge in [0.25, 0.3) is 0 Å². The van der Waals surface area contributed by atoms with Crippen molar-refractivity contribution in [2.45, 2.75) is 43.8 Å². The Morgan fingerprint density at radius 1 is 0.867 bits per heavy atom. The van der Waals surface area contributed by atoms with Crippen molar-refractivity contribution < 1.29 is 26.3 Å². The van der Waals surface area contributed by atoms with Crippen molar-refractivity contribution in [1.82, 2.24) is 0 Å². The van der Waals surface area contributed by atoms with Crippen molar-refractivity contribution in [2.75, 3.05) is 0 Å². The Balaban J connectivity index is 3.98. The SMILES string of the molecule is C[Si](Cl)(CCC(F)(F)F)CCC(F)(F)F. The van der Waals surface area contributed by atoms with Crippen molar-refractivity contribution in [3.05, 3.63) is 0 Å². The van der Waals surface area contributed by atoms with Crippen molar-refractivity contribution >= 4 is 18.5 Å². The fraction of sp³-hybridized carbons (Fsp3) is 1.00. The zero-order valence-corrected chi connectivity index (χ0v) is 9.73. The van der Waals surface area contributed by atoms with Crippen LogP contribution in [0.4, 0.5) is 26.3 Å². The Kier molecular flexibility index (Phi) is 4.97. The zero-order valence-electron chi connectivity index (χ0n) is 7.97. The maximum Gasteiger partial charge on any atom is 0.388 e. The van der Waals surface area contributed by atoms with E-state index in [-0.39, 0.29) is 12.1 Å². The quantitative estimate of drug-likeness (QED) is 0.395. The van der Waals surface area contributed by atoms with Crippen LogP contribution in [0.25, 0.3) is 0 Å². The number of hydrogen-bond acceptors (Lipinski definition) is 0. The molecular weight excluding hydrogens is 262 g/mol. The van der Waals surface area contributed by atoms with E-state index in [0.29, 0.717) is 0 Å². The minimum atomic E-state index is -4.35. The fourth-order valence-corrected chi connectivity index (χ4v) is 3.36. The van der Waals surface area contributed by atoms with E-state index in [1.165, 1.54) is 6.55 Å². The predicted molar refractivity (Wildman–Crippen MR) is 48.4 cm³/mol. The molecule has 0 aliphatic carbocycles. The van der Waals surface area contributed by atoms with Crippen molar-refractivity contribution in [2.24, 2.45) is 0 Å². The highest BCUT2D eigenvalue weighted by Crippen LogP contribution is 2.34. The third kappa shape index (κ3) is 10.4. The van der Waals surface area contributed by atoms with Crippen LogP contribution < -0.4 is 0 Å². The van der Waals surface area contributed by atoms with Gasteiger partial charge < -0.3 is 0 Å². The molecule has 0 bridgehead atoms. The molecule has 0 aromatic rings. The lowest BCUT2D eigenvalue weighted by Gasteiger charge is -2.20. The first-order valence-corrected chi connectivity index (χ1v) is 8.16. The molecule has 0 aliphatic rings. The van der Waals surface area contributed by atoms with E-state index < -0.39 is 32.6 Å². The summed E-state index contributed by atoms with van der Waals surface area (Å²) in [6, 6.07) is -0.734. The Labute approximate surface area is 89.3 Å². The number of rotatable bonds is 4. The molecule has 0 amide bonds. The highest BCUT2D eigenvalue weighted by atomic mass is 35.6. The Morgan fingerprint density at radius 3 is 1.33 bits per heavy atom. The normalized spacial score (nSPS) is 14.4. The molecule has 15 heavy (non-hydrogen) atoms. The van der Waals surface area contributed by atoms with Crippen LogP contribution in [0.2, 0.25) is 18.6 Å². The first-order chi connectivity index (χ1) is 6.41. The average molecular weight is 273 g/mol. The van der Waals surface area contributed by atoms with Gasteiger partial charge in [0.15, 0.2) is 7.38 Å². The molecule has 0 heterocycles. The van der Waals surface area contributed by atoms with E-state index >= 15 is 0 Å². The van der Waals surface area contributed by atoms with Crippen LogP contribution in [-0.4, -0.2) is 19.7 Å².